The van der Waals surface area contributed by atoms with Crippen LogP contribution in [0.15, 0.2) is 24.3 Å². The Morgan fingerprint density at radius 1 is 1.10 bits per heavy atom. The van der Waals surface area contributed by atoms with E-state index in [2.05, 4.69) is 0 Å². The van der Waals surface area contributed by atoms with Gasteiger partial charge in [0.2, 0.25) is 0 Å². The van der Waals surface area contributed by atoms with E-state index in [1.165, 1.54) is 0 Å². The van der Waals surface area contributed by atoms with Gasteiger partial charge in [0, 0.05) is 0 Å². The monoisotopic (exact) mass is 280 g/mol. The van der Waals surface area contributed by atoms with Crippen LogP contribution in [0.5, 0.6) is 11.5 Å². The van der Waals surface area contributed by atoms with Crippen molar-refractivity contribution < 1.29 is 19.4 Å². The quantitative estimate of drug-likeness (QED) is 0.748. The third-order valence-electron chi connectivity index (χ3n) is 3.79. The van der Waals surface area contributed by atoms with E-state index in [0.717, 1.165) is 0 Å². The number of rotatable bonds is 9. The van der Waals surface area contributed by atoms with Crippen LogP contribution in [0.4, 0.5) is 0 Å². The smallest absolute Gasteiger partial charge is 0.309 e. The molecule has 1 aromatic carbocycles. The van der Waals surface area contributed by atoms with Gasteiger partial charge in [0.1, 0.15) is 0 Å². The zero-order valence-corrected chi connectivity index (χ0v) is 12.5. The number of carbonyl (C=O) groups is 1. The Hall–Kier alpha value is -1.71. The maximum Gasteiger partial charge on any atom is 0.309 e. The summed E-state index contributed by atoms with van der Waals surface area (Å²) in [6, 6.07) is 7.45. The fourth-order valence-corrected chi connectivity index (χ4v) is 2.21. The molecule has 1 N–H and O–H groups in total. The molecule has 0 aromatic heterocycles. The summed E-state index contributed by atoms with van der Waals surface area (Å²) in [6.07, 6.45) is 1.71. The minimum absolute atomic E-state index is 0.373. The minimum atomic E-state index is -0.746. The molecule has 0 spiro atoms. The van der Waals surface area contributed by atoms with Crippen LogP contribution in [0.1, 0.15) is 40.0 Å². The zero-order valence-electron chi connectivity index (χ0n) is 12.5. The summed E-state index contributed by atoms with van der Waals surface area (Å²) in [4.78, 5) is 11.4. The molecule has 0 unspecified atom stereocenters. The fourth-order valence-electron chi connectivity index (χ4n) is 2.21. The van der Waals surface area contributed by atoms with E-state index in [4.69, 9.17) is 9.47 Å². The van der Waals surface area contributed by atoms with Gasteiger partial charge >= 0.3 is 5.97 Å². The van der Waals surface area contributed by atoms with E-state index < -0.39 is 11.4 Å². The number of para-hydroxylation sites is 2. The Balaban J connectivity index is 2.66. The molecule has 0 fully saturated rings. The van der Waals surface area contributed by atoms with Crippen molar-refractivity contribution in [1.82, 2.24) is 0 Å². The SMILES string of the molecule is CCOc1ccccc1OCCC(CC)(CC)C(=O)O. The highest BCUT2D eigenvalue weighted by Crippen LogP contribution is 2.32. The first-order valence-corrected chi connectivity index (χ1v) is 7.17. The van der Waals surface area contributed by atoms with Gasteiger partial charge in [-0.05, 0) is 38.3 Å². The number of carboxylic acid groups (broad SMARTS) is 1. The normalized spacial score (nSPS) is 11.2. The molecule has 0 aliphatic carbocycles. The largest absolute Gasteiger partial charge is 0.490 e. The lowest BCUT2D eigenvalue weighted by molar-refractivity contribution is -0.150. The maximum atomic E-state index is 11.4. The average molecular weight is 280 g/mol. The molecule has 0 aliphatic rings. The lowest BCUT2D eigenvalue weighted by Gasteiger charge is -2.26. The molecule has 0 aliphatic heterocycles. The van der Waals surface area contributed by atoms with Gasteiger partial charge in [0.25, 0.3) is 0 Å². The van der Waals surface area contributed by atoms with Crippen LogP contribution >= 0.6 is 0 Å². The highest BCUT2D eigenvalue weighted by Gasteiger charge is 2.34. The molecule has 0 saturated carbocycles. The van der Waals surface area contributed by atoms with Gasteiger partial charge in [-0.15, -0.1) is 0 Å². The maximum absolute atomic E-state index is 11.4. The third-order valence-corrected chi connectivity index (χ3v) is 3.79. The molecule has 20 heavy (non-hydrogen) atoms. The van der Waals surface area contributed by atoms with Gasteiger partial charge in [-0.25, -0.2) is 0 Å². The number of ether oxygens (including phenoxy) is 2. The van der Waals surface area contributed by atoms with Gasteiger partial charge in [0.15, 0.2) is 11.5 Å². The first-order chi connectivity index (χ1) is 9.59. The number of aliphatic carboxylic acids is 1. The van der Waals surface area contributed by atoms with Gasteiger partial charge in [-0.3, -0.25) is 4.79 Å². The summed E-state index contributed by atoms with van der Waals surface area (Å²) in [5.74, 6) is 0.619. The lowest BCUT2D eigenvalue weighted by Crippen LogP contribution is -2.31. The average Bonchev–Trinajstić information content (AvgIpc) is 2.45. The van der Waals surface area contributed by atoms with Gasteiger partial charge < -0.3 is 14.6 Å². The summed E-state index contributed by atoms with van der Waals surface area (Å²) in [5.41, 5.74) is -0.694. The number of benzene rings is 1. The lowest BCUT2D eigenvalue weighted by atomic mass is 9.79. The molecule has 0 saturated heterocycles. The van der Waals surface area contributed by atoms with Crippen molar-refractivity contribution in [3.63, 3.8) is 0 Å². The molecule has 112 valence electrons. The molecular weight excluding hydrogens is 256 g/mol. The van der Waals surface area contributed by atoms with Crippen LogP contribution in [-0.4, -0.2) is 24.3 Å². The van der Waals surface area contributed by atoms with E-state index in [1.807, 2.05) is 45.0 Å². The third kappa shape index (κ3) is 3.89. The van der Waals surface area contributed by atoms with Gasteiger partial charge in [-0.1, -0.05) is 26.0 Å². The van der Waals surface area contributed by atoms with Crippen LogP contribution in [0, 0.1) is 5.41 Å². The standard InChI is InChI=1S/C16H24O4/c1-4-16(5-2,15(17)18)11-12-20-14-10-8-7-9-13(14)19-6-3/h7-10H,4-6,11-12H2,1-3H3,(H,17,18). The number of hydrogen-bond acceptors (Lipinski definition) is 3. The van der Waals surface area contributed by atoms with Crippen LogP contribution in [0.3, 0.4) is 0 Å². The predicted octanol–water partition coefficient (Wildman–Crippen LogP) is 3.75. The molecule has 4 nitrogen and oxygen atoms in total. The Bertz CT molecular complexity index is 424. The Morgan fingerprint density at radius 2 is 1.65 bits per heavy atom. The number of hydrogen-bond donors (Lipinski definition) is 1. The van der Waals surface area contributed by atoms with Crippen molar-refractivity contribution in [1.29, 1.82) is 0 Å². The van der Waals surface area contributed by atoms with Crippen molar-refractivity contribution in [2.75, 3.05) is 13.2 Å². The minimum Gasteiger partial charge on any atom is -0.490 e. The van der Waals surface area contributed by atoms with Crippen molar-refractivity contribution >= 4 is 5.97 Å². The first-order valence-electron chi connectivity index (χ1n) is 7.17. The summed E-state index contributed by atoms with van der Waals surface area (Å²) < 4.78 is 11.2. The molecule has 1 aromatic rings. The molecule has 0 atom stereocenters. The van der Waals surface area contributed by atoms with E-state index in [1.54, 1.807) is 0 Å². The Labute approximate surface area is 120 Å². The Morgan fingerprint density at radius 3 is 2.10 bits per heavy atom. The second-order valence-corrected chi connectivity index (χ2v) is 4.77. The molecule has 1 rings (SSSR count). The number of carboxylic acids is 1. The summed E-state index contributed by atoms with van der Waals surface area (Å²) in [5, 5.41) is 9.38. The van der Waals surface area contributed by atoms with Crippen LogP contribution in [0.2, 0.25) is 0 Å². The summed E-state index contributed by atoms with van der Waals surface area (Å²) >= 11 is 0. The van der Waals surface area contributed by atoms with Crippen molar-refractivity contribution in [3.8, 4) is 11.5 Å². The van der Waals surface area contributed by atoms with Gasteiger partial charge in [0.05, 0.1) is 18.6 Å². The van der Waals surface area contributed by atoms with E-state index in [-0.39, 0.29) is 0 Å². The van der Waals surface area contributed by atoms with E-state index in [0.29, 0.717) is 44.0 Å². The fraction of sp³-hybridized carbons (Fsp3) is 0.562. The van der Waals surface area contributed by atoms with Gasteiger partial charge in [-0.2, -0.15) is 0 Å². The van der Waals surface area contributed by atoms with Crippen molar-refractivity contribution in [2.24, 2.45) is 5.41 Å². The second kappa shape index (κ2) is 7.78. The topological polar surface area (TPSA) is 55.8 Å². The van der Waals surface area contributed by atoms with E-state index in [9.17, 15) is 9.90 Å². The van der Waals surface area contributed by atoms with Crippen LogP contribution in [-0.2, 0) is 4.79 Å². The molecule has 0 amide bonds. The van der Waals surface area contributed by atoms with Crippen LogP contribution < -0.4 is 9.47 Å². The molecule has 0 bridgehead atoms. The molecule has 0 heterocycles. The second-order valence-electron chi connectivity index (χ2n) is 4.77. The summed E-state index contributed by atoms with van der Waals surface area (Å²) in [7, 11) is 0. The van der Waals surface area contributed by atoms with Crippen molar-refractivity contribution in [3.05, 3.63) is 24.3 Å². The molecular formula is C16H24O4. The van der Waals surface area contributed by atoms with Crippen molar-refractivity contribution in [2.45, 2.75) is 40.0 Å². The summed E-state index contributed by atoms with van der Waals surface area (Å²) in [6.45, 7) is 6.68. The zero-order chi connectivity index (χ0) is 15.0. The van der Waals surface area contributed by atoms with E-state index >= 15 is 0 Å². The highest BCUT2D eigenvalue weighted by molar-refractivity contribution is 5.74. The molecule has 4 heteroatoms. The first kappa shape index (κ1) is 16.3. The highest BCUT2D eigenvalue weighted by atomic mass is 16.5. The van der Waals surface area contributed by atoms with Crippen LogP contribution in [0.25, 0.3) is 0 Å². The Kier molecular flexibility index (Phi) is 6.36. The predicted molar refractivity (Wildman–Crippen MR) is 78.4 cm³/mol. The molecule has 0 radical (unpaired) electrons.